The number of carbonyl (C=O) groups is 1. The Labute approximate surface area is 118 Å². The molecule has 2 fully saturated rings. The van der Waals surface area contributed by atoms with Crippen LogP contribution in [0.2, 0.25) is 0 Å². The first kappa shape index (κ1) is 12.0. The zero-order valence-electron chi connectivity index (χ0n) is 11.3. The summed E-state index contributed by atoms with van der Waals surface area (Å²) in [5, 5.41) is 12.0. The van der Waals surface area contributed by atoms with Gasteiger partial charge in [0.25, 0.3) is 0 Å². The molecule has 2 saturated carbocycles. The van der Waals surface area contributed by atoms with E-state index in [2.05, 4.69) is 30.3 Å². The molecule has 2 aliphatic carbocycles. The molecule has 0 aliphatic heterocycles. The monoisotopic (exact) mass is 266 g/mol. The highest BCUT2D eigenvalue weighted by Gasteiger charge is 2.51. The van der Waals surface area contributed by atoms with Crippen molar-refractivity contribution in [1.82, 2.24) is 0 Å². The maximum absolute atomic E-state index is 11.6. The molecule has 2 aromatic rings. The number of carboxylic acid groups (broad SMARTS) is 1. The van der Waals surface area contributed by atoms with Gasteiger partial charge in [-0.05, 0) is 47.4 Å². The summed E-state index contributed by atoms with van der Waals surface area (Å²) < 4.78 is 0. The maximum Gasteiger partial charge on any atom is 0.307 e. The van der Waals surface area contributed by atoms with E-state index >= 15 is 0 Å². The highest BCUT2D eigenvalue weighted by Crippen LogP contribution is 2.56. The van der Waals surface area contributed by atoms with Crippen molar-refractivity contribution in [2.75, 3.05) is 0 Å². The van der Waals surface area contributed by atoms with Crippen molar-refractivity contribution in [3.05, 3.63) is 48.0 Å². The van der Waals surface area contributed by atoms with Gasteiger partial charge < -0.3 is 5.11 Å². The van der Waals surface area contributed by atoms with Gasteiger partial charge in [0.05, 0.1) is 5.92 Å². The van der Waals surface area contributed by atoms with Crippen LogP contribution in [0.4, 0.5) is 0 Å². The van der Waals surface area contributed by atoms with E-state index < -0.39 is 5.97 Å². The predicted molar refractivity (Wildman–Crippen MR) is 78.6 cm³/mol. The smallest absolute Gasteiger partial charge is 0.307 e. The standard InChI is InChI=1S/C18H18O2/c19-18(20)17-15-8-7-14(10-15)16(17)13-6-5-11-3-1-2-4-12(11)9-13/h1-6,9,14-17H,7-8,10H2,(H,19,20)/t14-,15-,16-,17-/m0/s1. The van der Waals surface area contributed by atoms with Gasteiger partial charge in [0, 0.05) is 5.92 Å². The van der Waals surface area contributed by atoms with E-state index in [9.17, 15) is 9.90 Å². The molecule has 0 amide bonds. The van der Waals surface area contributed by atoms with Crippen LogP contribution in [-0.4, -0.2) is 11.1 Å². The molecule has 0 radical (unpaired) electrons. The van der Waals surface area contributed by atoms with Crippen LogP contribution in [0.1, 0.15) is 30.7 Å². The molecule has 20 heavy (non-hydrogen) atoms. The summed E-state index contributed by atoms with van der Waals surface area (Å²) in [7, 11) is 0. The Hall–Kier alpha value is -1.83. The lowest BCUT2D eigenvalue weighted by molar-refractivity contribution is -0.144. The van der Waals surface area contributed by atoms with E-state index in [1.807, 2.05) is 12.1 Å². The molecule has 2 aromatic carbocycles. The van der Waals surface area contributed by atoms with E-state index in [-0.39, 0.29) is 11.8 Å². The van der Waals surface area contributed by atoms with Crippen molar-refractivity contribution >= 4 is 16.7 Å². The number of rotatable bonds is 2. The Bertz CT molecular complexity index is 676. The fraction of sp³-hybridized carbons (Fsp3) is 0.389. The second-order valence-electron chi connectivity index (χ2n) is 6.33. The minimum absolute atomic E-state index is 0.171. The summed E-state index contributed by atoms with van der Waals surface area (Å²) >= 11 is 0. The summed E-state index contributed by atoms with van der Waals surface area (Å²) in [6, 6.07) is 14.8. The molecule has 0 unspecified atom stereocenters. The molecule has 2 heteroatoms. The first-order chi connectivity index (χ1) is 9.74. The SMILES string of the molecule is O=C(O)[C@H]1[C@H]2CC[C@@H](C2)[C@@H]1c1ccc2ccccc2c1. The minimum atomic E-state index is -0.602. The second kappa shape index (κ2) is 4.34. The van der Waals surface area contributed by atoms with Gasteiger partial charge in [-0.25, -0.2) is 0 Å². The van der Waals surface area contributed by atoms with Crippen molar-refractivity contribution < 1.29 is 9.90 Å². The summed E-state index contributed by atoms with van der Waals surface area (Å²) in [6.07, 6.45) is 3.41. The van der Waals surface area contributed by atoms with Crippen LogP contribution in [0.5, 0.6) is 0 Å². The van der Waals surface area contributed by atoms with E-state index in [0.717, 1.165) is 12.8 Å². The summed E-state index contributed by atoms with van der Waals surface area (Å²) in [5.41, 5.74) is 1.23. The van der Waals surface area contributed by atoms with Gasteiger partial charge in [-0.3, -0.25) is 4.79 Å². The van der Waals surface area contributed by atoms with E-state index in [0.29, 0.717) is 11.8 Å². The fourth-order valence-electron chi connectivity index (χ4n) is 4.54. The molecule has 4 rings (SSSR count). The third kappa shape index (κ3) is 1.67. The lowest BCUT2D eigenvalue weighted by atomic mass is 9.75. The van der Waals surface area contributed by atoms with Gasteiger partial charge in [-0.2, -0.15) is 0 Å². The van der Waals surface area contributed by atoms with Crippen molar-refractivity contribution in [1.29, 1.82) is 0 Å². The van der Waals surface area contributed by atoms with Gasteiger partial charge in [0.15, 0.2) is 0 Å². The quantitative estimate of drug-likeness (QED) is 0.890. The molecular weight excluding hydrogens is 248 g/mol. The molecule has 2 aliphatic rings. The van der Waals surface area contributed by atoms with E-state index in [1.54, 1.807) is 0 Å². The van der Waals surface area contributed by atoms with Crippen molar-refractivity contribution in [3.63, 3.8) is 0 Å². The summed E-state index contributed by atoms with van der Waals surface area (Å²) in [5.74, 6) is 0.414. The normalized spacial score (nSPS) is 31.8. The number of hydrogen-bond donors (Lipinski definition) is 1. The number of benzene rings is 2. The highest BCUT2D eigenvalue weighted by molar-refractivity contribution is 5.83. The number of carboxylic acids is 1. The zero-order chi connectivity index (χ0) is 13.7. The Morgan fingerprint density at radius 1 is 1.00 bits per heavy atom. The lowest BCUT2D eigenvalue weighted by Crippen LogP contribution is -2.27. The Balaban J connectivity index is 1.79. The van der Waals surface area contributed by atoms with Gasteiger partial charge in [0.1, 0.15) is 0 Å². The molecule has 2 bridgehead atoms. The maximum atomic E-state index is 11.6. The molecule has 0 spiro atoms. The molecule has 102 valence electrons. The minimum Gasteiger partial charge on any atom is -0.481 e. The number of aliphatic carboxylic acids is 1. The van der Waals surface area contributed by atoms with Gasteiger partial charge in [-0.15, -0.1) is 0 Å². The molecule has 1 N–H and O–H groups in total. The summed E-state index contributed by atoms with van der Waals surface area (Å²) in [6.45, 7) is 0. The molecule has 4 atom stereocenters. The largest absolute Gasteiger partial charge is 0.481 e. The number of fused-ring (bicyclic) bond motifs is 3. The molecular formula is C18H18O2. The molecule has 0 heterocycles. The van der Waals surface area contributed by atoms with Crippen molar-refractivity contribution in [2.45, 2.75) is 25.2 Å². The average Bonchev–Trinajstić information content (AvgIpc) is 3.07. The van der Waals surface area contributed by atoms with Crippen LogP contribution in [0.3, 0.4) is 0 Å². The summed E-state index contributed by atoms with van der Waals surface area (Å²) in [4.78, 5) is 11.6. The highest BCUT2D eigenvalue weighted by atomic mass is 16.4. The van der Waals surface area contributed by atoms with E-state index in [1.165, 1.54) is 22.8 Å². The van der Waals surface area contributed by atoms with Crippen LogP contribution in [-0.2, 0) is 4.79 Å². The third-order valence-electron chi connectivity index (χ3n) is 5.36. The van der Waals surface area contributed by atoms with Crippen molar-refractivity contribution in [2.24, 2.45) is 17.8 Å². The van der Waals surface area contributed by atoms with Gasteiger partial charge in [-0.1, -0.05) is 42.5 Å². The second-order valence-corrected chi connectivity index (χ2v) is 6.33. The predicted octanol–water partition coefficient (Wildman–Crippen LogP) is 4.05. The average molecular weight is 266 g/mol. The lowest BCUT2D eigenvalue weighted by Gasteiger charge is -2.28. The Kier molecular flexibility index (Phi) is 2.59. The van der Waals surface area contributed by atoms with Gasteiger partial charge in [0.2, 0.25) is 0 Å². The molecule has 2 nitrogen and oxygen atoms in total. The van der Waals surface area contributed by atoms with Gasteiger partial charge >= 0.3 is 5.97 Å². The topological polar surface area (TPSA) is 37.3 Å². The van der Waals surface area contributed by atoms with E-state index in [4.69, 9.17) is 0 Å². The van der Waals surface area contributed by atoms with Crippen LogP contribution < -0.4 is 0 Å². The van der Waals surface area contributed by atoms with Crippen LogP contribution in [0.25, 0.3) is 10.8 Å². The van der Waals surface area contributed by atoms with Crippen LogP contribution in [0, 0.1) is 17.8 Å². The Morgan fingerprint density at radius 3 is 2.55 bits per heavy atom. The first-order valence-electron chi connectivity index (χ1n) is 7.45. The zero-order valence-corrected chi connectivity index (χ0v) is 11.3. The molecule has 0 saturated heterocycles. The fourth-order valence-corrected chi connectivity index (χ4v) is 4.54. The van der Waals surface area contributed by atoms with Crippen LogP contribution in [0.15, 0.2) is 42.5 Å². The third-order valence-corrected chi connectivity index (χ3v) is 5.36. The first-order valence-corrected chi connectivity index (χ1v) is 7.45. The van der Waals surface area contributed by atoms with Crippen molar-refractivity contribution in [3.8, 4) is 0 Å². The van der Waals surface area contributed by atoms with Crippen LogP contribution >= 0.6 is 0 Å². The molecule has 0 aromatic heterocycles. The number of hydrogen-bond acceptors (Lipinski definition) is 1. The Morgan fingerprint density at radius 2 is 1.75 bits per heavy atom.